The van der Waals surface area contributed by atoms with Gasteiger partial charge in [0.25, 0.3) is 11.5 Å². The van der Waals surface area contributed by atoms with Crippen LogP contribution in [0.5, 0.6) is 0 Å². The number of ether oxygens (including phenoxy) is 1. The Morgan fingerprint density at radius 3 is 2.16 bits per heavy atom. The van der Waals surface area contributed by atoms with Crippen LogP contribution in [0.3, 0.4) is 0 Å². The summed E-state index contributed by atoms with van der Waals surface area (Å²) in [4.78, 5) is 65.2. The lowest BCUT2D eigenvalue weighted by molar-refractivity contribution is -0.149. The zero-order valence-corrected chi connectivity index (χ0v) is 27.5. The molecule has 1 unspecified atom stereocenters. The standard InChI is InChI=1S/C31H30Cl2N4O6.C2H6/c1-18(2)43-30(41)25(34-28(39)27-23(32)6-5-7-24(27)33)15-19-8-11-21(12-9-19)37-29(40)22-14-20(16-35(3)17-38)10-13-26(22)36(4)31(37)42;1-2/h5-14,17-18,25H,15-16H2,1-4H3,(H,34,39);1-2H3. The second-order valence-corrected chi connectivity index (χ2v) is 11.1. The first-order valence-electron chi connectivity index (χ1n) is 14.4. The molecule has 0 aliphatic heterocycles. The van der Waals surface area contributed by atoms with Gasteiger partial charge in [0, 0.05) is 27.1 Å². The Morgan fingerprint density at radius 1 is 0.978 bits per heavy atom. The number of esters is 1. The van der Waals surface area contributed by atoms with Crippen LogP contribution in [-0.2, 0) is 34.3 Å². The van der Waals surface area contributed by atoms with Crippen LogP contribution in [0, 0.1) is 0 Å². The molecule has 0 radical (unpaired) electrons. The number of benzene rings is 3. The van der Waals surface area contributed by atoms with E-state index in [9.17, 15) is 24.0 Å². The van der Waals surface area contributed by atoms with Crippen LogP contribution in [0.4, 0.5) is 0 Å². The van der Waals surface area contributed by atoms with Crippen LogP contribution in [0.2, 0.25) is 10.0 Å². The van der Waals surface area contributed by atoms with Crippen molar-refractivity contribution in [3.63, 3.8) is 0 Å². The smallest absolute Gasteiger partial charge is 0.335 e. The van der Waals surface area contributed by atoms with Crippen LogP contribution >= 0.6 is 23.2 Å². The van der Waals surface area contributed by atoms with Crippen LogP contribution in [0.15, 0.2) is 70.3 Å². The molecule has 0 aliphatic carbocycles. The minimum absolute atomic E-state index is 0.0380. The van der Waals surface area contributed by atoms with E-state index in [0.29, 0.717) is 35.1 Å². The van der Waals surface area contributed by atoms with Gasteiger partial charge in [-0.15, -0.1) is 0 Å². The molecule has 1 heterocycles. The summed E-state index contributed by atoms with van der Waals surface area (Å²) >= 11 is 12.4. The van der Waals surface area contributed by atoms with Crippen molar-refractivity contribution < 1.29 is 19.1 Å². The number of nitrogens with zero attached hydrogens (tertiary/aromatic N) is 3. The molecule has 0 aliphatic rings. The van der Waals surface area contributed by atoms with Crippen molar-refractivity contribution in [3.05, 3.63) is 108 Å². The first-order valence-corrected chi connectivity index (χ1v) is 15.1. The lowest BCUT2D eigenvalue weighted by Gasteiger charge is -2.20. The molecule has 4 aromatic rings. The number of carbonyl (C=O) groups excluding carboxylic acids is 3. The fourth-order valence-corrected chi connectivity index (χ4v) is 5.20. The van der Waals surface area contributed by atoms with Gasteiger partial charge < -0.3 is 15.0 Å². The second-order valence-electron chi connectivity index (χ2n) is 10.3. The Labute approximate surface area is 271 Å². The Hall–Kier alpha value is -4.41. The topological polar surface area (TPSA) is 120 Å². The van der Waals surface area contributed by atoms with Crippen molar-refractivity contribution in [3.8, 4) is 5.69 Å². The highest BCUT2D eigenvalue weighted by Gasteiger charge is 2.26. The summed E-state index contributed by atoms with van der Waals surface area (Å²) in [5, 5.41) is 3.26. The molecule has 1 aromatic heterocycles. The maximum atomic E-state index is 13.5. The number of aryl methyl sites for hydroxylation is 1. The van der Waals surface area contributed by atoms with Gasteiger partial charge in [0.15, 0.2) is 0 Å². The van der Waals surface area contributed by atoms with Gasteiger partial charge in [-0.3, -0.25) is 19.0 Å². The van der Waals surface area contributed by atoms with Gasteiger partial charge in [-0.25, -0.2) is 14.2 Å². The van der Waals surface area contributed by atoms with Crippen molar-refractivity contribution >= 4 is 52.4 Å². The molecular weight excluding hydrogens is 619 g/mol. The molecule has 0 fully saturated rings. The molecular formula is C33H36Cl2N4O6. The summed E-state index contributed by atoms with van der Waals surface area (Å²) in [6.07, 6.45) is 0.321. The average molecular weight is 656 g/mol. The van der Waals surface area contributed by atoms with Crippen molar-refractivity contribution in [2.75, 3.05) is 7.05 Å². The Morgan fingerprint density at radius 2 is 1.58 bits per heavy atom. The highest BCUT2D eigenvalue weighted by atomic mass is 35.5. The first kappa shape index (κ1) is 35.1. The molecule has 0 bridgehead atoms. The zero-order chi connectivity index (χ0) is 33.4. The maximum absolute atomic E-state index is 13.5. The normalized spacial score (nSPS) is 11.4. The van der Waals surface area contributed by atoms with E-state index in [0.717, 1.165) is 10.1 Å². The summed E-state index contributed by atoms with van der Waals surface area (Å²) in [5.41, 5.74) is 1.13. The van der Waals surface area contributed by atoms with E-state index in [-0.39, 0.29) is 22.0 Å². The van der Waals surface area contributed by atoms with Gasteiger partial charge in [0.1, 0.15) is 6.04 Å². The van der Waals surface area contributed by atoms with Crippen LogP contribution in [0.1, 0.15) is 49.2 Å². The highest BCUT2D eigenvalue weighted by Crippen LogP contribution is 2.24. The number of carbonyl (C=O) groups is 3. The van der Waals surface area contributed by atoms with E-state index >= 15 is 0 Å². The summed E-state index contributed by atoms with van der Waals surface area (Å²) in [5.74, 6) is -1.28. The minimum atomic E-state index is -1.08. The quantitative estimate of drug-likeness (QED) is 0.192. The van der Waals surface area contributed by atoms with E-state index in [1.54, 1.807) is 76.5 Å². The predicted molar refractivity (Wildman–Crippen MR) is 176 cm³/mol. The number of fused-ring (bicyclic) bond motifs is 1. The molecule has 0 spiro atoms. The molecule has 1 atom stereocenters. The zero-order valence-electron chi connectivity index (χ0n) is 26.0. The fourth-order valence-electron chi connectivity index (χ4n) is 4.63. The van der Waals surface area contributed by atoms with E-state index in [4.69, 9.17) is 27.9 Å². The number of amides is 2. The maximum Gasteiger partial charge on any atom is 0.335 e. The van der Waals surface area contributed by atoms with Crippen LogP contribution in [-0.4, -0.2) is 51.5 Å². The number of aromatic nitrogens is 2. The Kier molecular flexibility index (Phi) is 12.1. The average Bonchev–Trinajstić information content (AvgIpc) is 3.01. The van der Waals surface area contributed by atoms with E-state index in [1.165, 1.54) is 21.6 Å². The van der Waals surface area contributed by atoms with Crippen LogP contribution in [0.25, 0.3) is 16.6 Å². The third kappa shape index (κ3) is 8.20. The Balaban J connectivity index is 0.00000271. The molecule has 1 N–H and O–H groups in total. The van der Waals surface area contributed by atoms with Gasteiger partial charge in [0.05, 0.1) is 38.3 Å². The molecule has 0 saturated heterocycles. The van der Waals surface area contributed by atoms with Crippen LogP contribution < -0.4 is 16.6 Å². The minimum Gasteiger partial charge on any atom is -0.461 e. The summed E-state index contributed by atoms with van der Waals surface area (Å²) in [6.45, 7) is 7.69. The van der Waals surface area contributed by atoms with Gasteiger partial charge in [-0.05, 0) is 61.4 Å². The molecule has 0 saturated carbocycles. The summed E-state index contributed by atoms with van der Waals surface area (Å²) in [7, 11) is 3.20. The van der Waals surface area contributed by atoms with Gasteiger partial charge >= 0.3 is 11.7 Å². The number of rotatable bonds is 10. The third-order valence-corrected chi connectivity index (χ3v) is 7.34. The van der Waals surface area contributed by atoms with Crippen molar-refractivity contribution in [1.29, 1.82) is 0 Å². The monoisotopic (exact) mass is 654 g/mol. The largest absolute Gasteiger partial charge is 0.461 e. The lowest BCUT2D eigenvalue weighted by Crippen LogP contribution is -2.44. The van der Waals surface area contributed by atoms with Gasteiger partial charge in [-0.1, -0.05) is 61.3 Å². The third-order valence-electron chi connectivity index (χ3n) is 6.71. The molecule has 45 heavy (non-hydrogen) atoms. The van der Waals surface area contributed by atoms with Crippen molar-refractivity contribution in [1.82, 2.24) is 19.4 Å². The van der Waals surface area contributed by atoms with Gasteiger partial charge in [-0.2, -0.15) is 0 Å². The van der Waals surface area contributed by atoms with Crippen molar-refractivity contribution in [2.24, 2.45) is 7.05 Å². The van der Waals surface area contributed by atoms with Crippen molar-refractivity contribution in [2.45, 2.75) is 52.8 Å². The van der Waals surface area contributed by atoms with E-state index in [2.05, 4.69) is 5.32 Å². The molecule has 3 aromatic carbocycles. The second kappa shape index (κ2) is 15.5. The number of halogens is 2. The molecule has 4 rings (SSSR count). The highest BCUT2D eigenvalue weighted by molar-refractivity contribution is 6.39. The number of hydrogen-bond acceptors (Lipinski definition) is 6. The SMILES string of the molecule is CC.CC(C)OC(=O)C(Cc1ccc(-n2c(=O)c3cc(CN(C)C=O)ccc3n(C)c2=O)cc1)NC(=O)c1c(Cl)cccc1Cl. The summed E-state index contributed by atoms with van der Waals surface area (Å²) in [6, 6.07) is 15.2. The molecule has 2 amide bonds. The molecule has 238 valence electrons. The number of hydrogen-bond donors (Lipinski definition) is 1. The number of nitrogens with one attached hydrogen (secondary N) is 1. The summed E-state index contributed by atoms with van der Waals surface area (Å²) < 4.78 is 7.81. The van der Waals surface area contributed by atoms with Gasteiger partial charge in [0.2, 0.25) is 6.41 Å². The first-order chi connectivity index (χ1) is 21.4. The predicted octanol–water partition coefficient (Wildman–Crippen LogP) is 4.90. The van der Waals surface area contributed by atoms with E-state index in [1.807, 2.05) is 13.8 Å². The molecule has 12 heteroatoms. The fraction of sp³-hybridized carbons (Fsp3) is 0.303. The molecule has 10 nitrogen and oxygen atoms in total. The van der Waals surface area contributed by atoms with E-state index < -0.39 is 35.3 Å². The Bertz CT molecular complexity index is 1800. The lowest BCUT2D eigenvalue weighted by atomic mass is 10.0.